The van der Waals surface area contributed by atoms with Crippen LogP contribution in [0.15, 0.2) is 48.5 Å². The minimum atomic E-state index is -5.97. The highest BCUT2D eigenvalue weighted by molar-refractivity contribution is 5.89. The molecule has 2 unspecified atom stereocenters. The van der Waals surface area contributed by atoms with Gasteiger partial charge in [-0.15, -0.1) is 0 Å². The molecule has 7 nitrogen and oxygen atoms in total. The molecule has 0 spiro atoms. The zero-order chi connectivity index (χ0) is 30.9. The lowest BCUT2D eigenvalue weighted by Gasteiger charge is -2.32. The average Bonchev–Trinajstić information content (AvgIpc) is 3.28. The summed E-state index contributed by atoms with van der Waals surface area (Å²) in [6.07, 6.45) is -16.6. The molecule has 1 aliphatic rings. The van der Waals surface area contributed by atoms with Gasteiger partial charge in [0.15, 0.2) is 5.60 Å². The maximum atomic E-state index is 13.1. The second kappa shape index (κ2) is 11.6. The van der Waals surface area contributed by atoms with E-state index in [2.05, 4.69) is 5.32 Å². The number of carbonyl (C=O) groups excluding carboxylic acids is 1. The minimum Gasteiger partial charge on any atom is -0.489 e. The van der Waals surface area contributed by atoms with Gasteiger partial charge in [-0.25, -0.2) is 4.79 Å². The first-order valence-corrected chi connectivity index (χ1v) is 12.0. The Bertz CT molecular complexity index is 1170. The Labute approximate surface area is 227 Å². The van der Waals surface area contributed by atoms with Crippen LogP contribution in [0.2, 0.25) is 0 Å². The number of anilines is 1. The van der Waals surface area contributed by atoms with Crippen molar-refractivity contribution in [2.24, 2.45) is 0 Å². The molecular formula is C25H26F9N3O4. The molecule has 0 aromatic heterocycles. The third-order valence-corrected chi connectivity index (χ3v) is 6.45. The zero-order valence-electron chi connectivity index (χ0n) is 21.3. The molecule has 1 fully saturated rings. The topological polar surface area (TPSA) is 94.1 Å². The summed E-state index contributed by atoms with van der Waals surface area (Å²) < 4.78 is 122. The fourth-order valence-corrected chi connectivity index (χ4v) is 3.97. The molecule has 41 heavy (non-hydrogen) atoms. The lowest BCUT2D eigenvalue weighted by molar-refractivity contribution is -0.376. The molecule has 2 aromatic carbocycles. The molecule has 2 atom stereocenters. The van der Waals surface area contributed by atoms with E-state index in [1.165, 1.54) is 24.3 Å². The van der Waals surface area contributed by atoms with Gasteiger partial charge in [0, 0.05) is 30.9 Å². The highest BCUT2D eigenvalue weighted by Crippen LogP contribution is 2.50. The molecule has 2 amide bonds. The fourth-order valence-electron chi connectivity index (χ4n) is 3.97. The van der Waals surface area contributed by atoms with E-state index in [0.29, 0.717) is 49.9 Å². The summed E-state index contributed by atoms with van der Waals surface area (Å²) in [6, 6.07) is 8.27. The van der Waals surface area contributed by atoms with E-state index in [9.17, 15) is 54.5 Å². The largest absolute Gasteiger partial charge is 0.489 e. The van der Waals surface area contributed by atoms with Gasteiger partial charge in [-0.05, 0) is 43.2 Å². The van der Waals surface area contributed by atoms with Crippen LogP contribution in [0.5, 0.6) is 5.75 Å². The van der Waals surface area contributed by atoms with Crippen molar-refractivity contribution in [2.45, 2.75) is 55.7 Å². The van der Waals surface area contributed by atoms with Crippen LogP contribution < -0.4 is 15.4 Å². The van der Waals surface area contributed by atoms with Crippen LogP contribution in [0.4, 0.5) is 50.0 Å². The van der Waals surface area contributed by atoms with E-state index in [4.69, 9.17) is 4.74 Å². The molecule has 0 radical (unpaired) electrons. The Kier molecular flexibility index (Phi) is 9.10. The van der Waals surface area contributed by atoms with Crippen LogP contribution in [0.3, 0.4) is 0 Å². The molecule has 1 heterocycles. The van der Waals surface area contributed by atoms with E-state index in [-0.39, 0.29) is 18.3 Å². The minimum absolute atomic E-state index is 0.204. The van der Waals surface area contributed by atoms with E-state index in [0.717, 1.165) is 12.1 Å². The Hall–Kier alpha value is -3.24. The van der Waals surface area contributed by atoms with Gasteiger partial charge in [0.25, 0.3) is 5.60 Å². The highest BCUT2D eigenvalue weighted by Gasteiger charge is 2.71. The maximum absolute atomic E-state index is 13.1. The van der Waals surface area contributed by atoms with Gasteiger partial charge in [0.1, 0.15) is 11.9 Å². The van der Waals surface area contributed by atoms with Gasteiger partial charge in [0.05, 0.1) is 6.54 Å². The fraction of sp³-hybridized carbons (Fsp3) is 0.480. The molecule has 16 heteroatoms. The molecule has 2 aromatic rings. The summed E-state index contributed by atoms with van der Waals surface area (Å²) in [5.41, 5.74) is -8.78. The number of hydrogen-bond acceptors (Lipinski definition) is 5. The number of urea groups is 1. The van der Waals surface area contributed by atoms with Crippen molar-refractivity contribution in [1.29, 1.82) is 0 Å². The molecule has 0 bridgehead atoms. The van der Waals surface area contributed by atoms with E-state index in [1.54, 1.807) is 0 Å². The van der Waals surface area contributed by atoms with Crippen LogP contribution in [0.25, 0.3) is 0 Å². The Morgan fingerprint density at radius 3 is 1.98 bits per heavy atom. The van der Waals surface area contributed by atoms with Crippen LogP contribution >= 0.6 is 0 Å². The van der Waals surface area contributed by atoms with Crippen molar-refractivity contribution in [3.63, 3.8) is 0 Å². The van der Waals surface area contributed by atoms with E-state index in [1.807, 2.05) is 10.2 Å². The highest BCUT2D eigenvalue weighted by atomic mass is 19.4. The van der Waals surface area contributed by atoms with Gasteiger partial charge in [-0.3, -0.25) is 4.90 Å². The van der Waals surface area contributed by atoms with E-state index < -0.39 is 47.9 Å². The number of halogens is 9. The Balaban J connectivity index is 1.51. The predicted molar refractivity (Wildman–Crippen MR) is 127 cm³/mol. The lowest BCUT2D eigenvalue weighted by Crippen LogP contribution is -2.53. The number of nitrogens with zero attached hydrogens (tertiary/aromatic N) is 1. The number of benzene rings is 2. The van der Waals surface area contributed by atoms with Crippen LogP contribution in [0, 0.1) is 0 Å². The molecule has 0 saturated carbocycles. The predicted octanol–water partition coefficient (Wildman–Crippen LogP) is 5.09. The maximum Gasteiger partial charge on any atom is 0.430 e. The van der Waals surface area contributed by atoms with Crippen LogP contribution in [-0.4, -0.2) is 71.0 Å². The summed E-state index contributed by atoms with van der Waals surface area (Å²) in [6.45, 7) is 0.571. The molecule has 228 valence electrons. The number of likely N-dealkylation sites (tertiary alicyclic amines) is 1. The summed E-state index contributed by atoms with van der Waals surface area (Å²) in [7, 11) is 0. The quantitative estimate of drug-likeness (QED) is 0.316. The van der Waals surface area contributed by atoms with Crippen molar-refractivity contribution < 1.29 is 59.3 Å². The number of amides is 2. The Morgan fingerprint density at radius 1 is 0.902 bits per heavy atom. The van der Waals surface area contributed by atoms with Crippen molar-refractivity contribution in [2.75, 3.05) is 25.0 Å². The number of carbonyl (C=O) groups is 1. The number of nitrogens with one attached hydrogen (secondary N) is 2. The van der Waals surface area contributed by atoms with Crippen molar-refractivity contribution in [1.82, 2.24) is 10.2 Å². The SMILES string of the molecule is CC(O)(CNC(=O)Nc1ccc(OC2CCN(Cc3ccc(C(O)(C(F)(F)F)C(F)(F)F)cc3)C2)cc1)C(F)(F)F. The van der Waals surface area contributed by atoms with Crippen LogP contribution in [-0.2, 0) is 12.1 Å². The zero-order valence-corrected chi connectivity index (χ0v) is 21.3. The number of hydrogen-bond donors (Lipinski definition) is 4. The number of rotatable bonds is 8. The van der Waals surface area contributed by atoms with Gasteiger partial charge >= 0.3 is 24.6 Å². The summed E-state index contributed by atoms with van der Waals surface area (Å²) in [5.74, 6) is 0.408. The van der Waals surface area contributed by atoms with Crippen LogP contribution in [0.1, 0.15) is 24.5 Å². The number of ether oxygens (including phenoxy) is 1. The molecule has 1 saturated heterocycles. The van der Waals surface area contributed by atoms with Crippen molar-refractivity contribution in [3.8, 4) is 5.75 Å². The third kappa shape index (κ3) is 7.54. The smallest absolute Gasteiger partial charge is 0.430 e. The van der Waals surface area contributed by atoms with Gasteiger partial charge in [-0.2, -0.15) is 39.5 Å². The molecule has 0 aliphatic carbocycles. The van der Waals surface area contributed by atoms with Crippen molar-refractivity contribution >= 4 is 11.7 Å². The van der Waals surface area contributed by atoms with Gasteiger partial charge in [0.2, 0.25) is 0 Å². The first-order chi connectivity index (χ1) is 18.7. The molecule has 4 N–H and O–H groups in total. The third-order valence-electron chi connectivity index (χ3n) is 6.45. The standard InChI is InChI=1S/C25H26F9N3O4/c1-21(39,23(26,27)28)14-35-20(38)36-17-6-8-18(9-7-17)41-19-10-11-37(13-19)12-15-2-4-16(5-3-15)22(40,24(29,30)31)25(32,33)34/h2-9,19,39-40H,10-14H2,1H3,(H2,35,36,38). The summed E-state index contributed by atoms with van der Waals surface area (Å²) in [4.78, 5) is 13.7. The Morgan fingerprint density at radius 2 is 1.46 bits per heavy atom. The number of aliphatic hydroxyl groups is 2. The molecule has 3 rings (SSSR count). The summed E-state index contributed by atoms with van der Waals surface area (Å²) >= 11 is 0. The summed E-state index contributed by atoms with van der Waals surface area (Å²) in [5, 5.41) is 23.1. The average molecular weight is 603 g/mol. The second-order valence-electron chi connectivity index (χ2n) is 9.77. The normalized spacial score (nSPS) is 18.6. The van der Waals surface area contributed by atoms with Gasteiger partial charge in [-0.1, -0.05) is 24.3 Å². The second-order valence-corrected chi connectivity index (χ2v) is 9.77. The lowest BCUT2D eigenvalue weighted by atomic mass is 9.91. The molecular weight excluding hydrogens is 577 g/mol. The molecule has 1 aliphatic heterocycles. The van der Waals surface area contributed by atoms with Gasteiger partial charge < -0.3 is 25.6 Å². The first kappa shape index (κ1) is 32.3. The first-order valence-electron chi connectivity index (χ1n) is 12.0. The monoisotopic (exact) mass is 603 g/mol. The van der Waals surface area contributed by atoms with E-state index >= 15 is 0 Å². The number of alkyl halides is 9. The van der Waals surface area contributed by atoms with Crippen molar-refractivity contribution in [3.05, 3.63) is 59.7 Å².